The van der Waals surface area contributed by atoms with E-state index in [9.17, 15) is 15.8 Å². The minimum Gasteiger partial charge on any atom is -0.479 e. The van der Waals surface area contributed by atoms with Crippen LogP contribution in [0.3, 0.4) is 0 Å². The van der Waals surface area contributed by atoms with Crippen LogP contribution in [-0.2, 0) is 4.74 Å². The number of ether oxygens (including phenoxy) is 1. The first-order chi connectivity index (χ1) is 12.8. The van der Waals surface area contributed by atoms with Crippen LogP contribution in [-0.4, -0.2) is 19.7 Å². The van der Waals surface area contributed by atoms with Crippen molar-refractivity contribution in [2.75, 3.05) is 19.0 Å². The predicted octanol–water partition coefficient (Wildman–Crippen LogP) is 4.93. The number of allylic oxidation sites excluding steroid dienone is 2. The molecule has 0 radical (unpaired) electrons. The highest BCUT2D eigenvalue weighted by Crippen LogP contribution is 2.48. The van der Waals surface area contributed by atoms with E-state index in [2.05, 4.69) is 23.1 Å². The Labute approximate surface area is 166 Å². The van der Waals surface area contributed by atoms with Crippen molar-refractivity contribution >= 4 is 33.2 Å². The van der Waals surface area contributed by atoms with E-state index in [0.29, 0.717) is 5.57 Å². The Kier molecular flexibility index (Phi) is 4.81. The van der Waals surface area contributed by atoms with Crippen LogP contribution in [0.25, 0.3) is 15.3 Å². The van der Waals surface area contributed by atoms with Crippen LogP contribution in [0.5, 0.6) is 0 Å². The lowest BCUT2D eigenvalue weighted by molar-refractivity contribution is 0.109. The molecule has 27 heavy (non-hydrogen) atoms. The van der Waals surface area contributed by atoms with Gasteiger partial charge < -0.3 is 9.64 Å². The largest absolute Gasteiger partial charge is 0.479 e. The van der Waals surface area contributed by atoms with Gasteiger partial charge in [0.05, 0.1) is 5.00 Å². The molecule has 0 bridgehead atoms. The molecule has 0 atom stereocenters. The molecule has 1 aliphatic rings. The Morgan fingerprint density at radius 1 is 0.963 bits per heavy atom. The van der Waals surface area contributed by atoms with E-state index in [0.717, 1.165) is 14.6 Å². The van der Waals surface area contributed by atoms with Crippen molar-refractivity contribution in [2.24, 2.45) is 0 Å². The van der Waals surface area contributed by atoms with E-state index in [4.69, 9.17) is 4.74 Å². The van der Waals surface area contributed by atoms with Gasteiger partial charge in [-0.1, -0.05) is 0 Å². The molecule has 1 aliphatic heterocycles. The SMILES string of the molecule is CN(C)c1ccc(-c2ccc(C3=C(C#N)C(=C(C#N)C#N)OC3(C)C)s2)s1. The van der Waals surface area contributed by atoms with E-state index >= 15 is 0 Å². The lowest BCUT2D eigenvalue weighted by Gasteiger charge is -2.21. The number of hydrogen-bond donors (Lipinski definition) is 0. The molecule has 0 saturated carbocycles. The highest BCUT2D eigenvalue weighted by molar-refractivity contribution is 7.24. The van der Waals surface area contributed by atoms with Gasteiger partial charge in [0, 0.05) is 34.3 Å². The van der Waals surface area contributed by atoms with Crippen LogP contribution >= 0.6 is 22.7 Å². The van der Waals surface area contributed by atoms with Gasteiger partial charge in [-0.15, -0.1) is 22.7 Å². The van der Waals surface area contributed by atoms with Gasteiger partial charge in [-0.25, -0.2) is 0 Å². The van der Waals surface area contributed by atoms with Crippen molar-refractivity contribution in [1.29, 1.82) is 15.8 Å². The smallest absolute Gasteiger partial charge is 0.172 e. The zero-order chi connectivity index (χ0) is 19.8. The second-order valence-electron chi connectivity index (χ2n) is 6.60. The molecule has 2 aromatic rings. The maximum atomic E-state index is 9.69. The third-order valence-corrected chi connectivity index (χ3v) is 6.68. The summed E-state index contributed by atoms with van der Waals surface area (Å²) in [6.07, 6.45) is 0. The summed E-state index contributed by atoms with van der Waals surface area (Å²) in [6.45, 7) is 3.68. The number of hydrogen-bond acceptors (Lipinski definition) is 7. The lowest BCUT2D eigenvalue weighted by Crippen LogP contribution is -2.20. The molecule has 2 aromatic heterocycles. The molecule has 0 saturated heterocycles. The molecule has 0 amide bonds. The molecule has 0 aliphatic carbocycles. The summed E-state index contributed by atoms with van der Waals surface area (Å²) in [5, 5.41) is 29.2. The summed E-state index contributed by atoms with van der Waals surface area (Å²) in [4.78, 5) is 5.21. The average molecular weight is 393 g/mol. The van der Waals surface area contributed by atoms with E-state index in [1.807, 2.05) is 52.2 Å². The first-order valence-corrected chi connectivity index (χ1v) is 9.72. The summed E-state index contributed by atoms with van der Waals surface area (Å²) >= 11 is 3.27. The van der Waals surface area contributed by atoms with E-state index in [1.165, 1.54) is 5.00 Å². The molecule has 134 valence electrons. The van der Waals surface area contributed by atoms with Crippen molar-refractivity contribution < 1.29 is 4.74 Å². The number of thiophene rings is 2. The third kappa shape index (κ3) is 3.22. The van der Waals surface area contributed by atoms with Crippen LogP contribution in [0.1, 0.15) is 18.7 Å². The van der Waals surface area contributed by atoms with Gasteiger partial charge in [-0.2, -0.15) is 15.8 Å². The number of anilines is 1. The molecule has 7 heteroatoms. The number of nitrogens with zero attached hydrogens (tertiary/aromatic N) is 4. The fraction of sp³-hybridized carbons (Fsp3) is 0.250. The molecule has 0 N–H and O–H groups in total. The molecular formula is C20H16N4OS2. The topological polar surface area (TPSA) is 83.8 Å². The van der Waals surface area contributed by atoms with Crippen LogP contribution in [0.4, 0.5) is 5.00 Å². The van der Waals surface area contributed by atoms with E-state index < -0.39 is 5.60 Å². The van der Waals surface area contributed by atoms with Gasteiger partial charge in [0.2, 0.25) is 0 Å². The Balaban J connectivity index is 2.12. The van der Waals surface area contributed by atoms with Crippen LogP contribution in [0.15, 0.2) is 41.2 Å². The highest BCUT2D eigenvalue weighted by atomic mass is 32.1. The Morgan fingerprint density at radius 3 is 2.11 bits per heavy atom. The van der Waals surface area contributed by atoms with Crippen molar-refractivity contribution in [3.05, 3.63) is 46.0 Å². The van der Waals surface area contributed by atoms with Gasteiger partial charge in [-0.05, 0) is 38.1 Å². The van der Waals surface area contributed by atoms with Crippen LogP contribution < -0.4 is 4.90 Å². The van der Waals surface area contributed by atoms with Gasteiger partial charge in [-0.3, -0.25) is 0 Å². The number of rotatable bonds is 3. The van der Waals surface area contributed by atoms with Crippen molar-refractivity contribution in [3.8, 4) is 28.0 Å². The molecule has 0 unspecified atom stereocenters. The molecule has 3 rings (SSSR count). The minimum atomic E-state index is -0.800. The van der Waals surface area contributed by atoms with Gasteiger partial charge >= 0.3 is 0 Å². The van der Waals surface area contributed by atoms with Crippen molar-refractivity contribution in [2.45, 2.75) is 19.4 Å². The Morgan fingerprint density at radius 2 is 1.56 bits per heavy atom. The summed E-state index contributed by atoms with van der Waals surface area (Å²) in [7, 11) is 4.02. The Hall–Kier alpha value is -3.05. The summed E-state index contributed by atoms with van der Waals surface area (Å²) < 4.78 is 5.85. The average Bonchev–Trinajstić information content (AvgIpc) is 3.32. The second kappa shape index (κ2) is 6.93. The van der Waals surface area contributed by atoms with Gasteiger partial charge in [0.15, 0.2) is 11.3 Å². The quantitative estimate of drug-likeness (QED) is 0.692. The lowest BCUT2D eigenvalue weighted by atomic mass is 9.94. The molecule has 0 fully saturated rings. The molecule has 5 nitrogen and oxygen atoms in total. The molecule has 0 spiro atoms. The Bertz CT molecular complexity index is 1080. The maximum absolute atomic E-state index is 9.69. The predicted molar refractivity (Wildman–Crippen MR) is 108 cm³/mol. The molecular weight excluding hydrogens is 376 g/mol. The summed E-state index contributed by atoms with van der Waals surface area (Å²) in [5.41, 5.74) is -0.0123. The van der Waals surface area contributed by atoms with Gasteiger partial charge in [0.25, 0.3) is 0 Å². The first-order valence-electron chi connectivity index (χ1n) is 8.08. The van der Waals surface area contributed by atoms with Crippen LogP contribution in [0, 0.1) is 34.0 Å². The fourth-order valence-electron chi connectivity index (χ4n) is 2.91. The normalized spacial score (nSPS) is 14.9. The molecule has 3 heterocycles. The van der Waals surface area contributed by atoms with E-state index in [1.54, 1.807) is 22.7 Å². The van der Waals surface area contributed by atoms with E-state index in [-0.39, 0.29) is 16.9 Å². The maximum Gasteiger partial charge on any atom is 0.172 e. The zero-order valence-electron chi connectivity index (χ0n) is 15.3. The minimum absolute atomic E-state index is 0.0727. The fourth-order valence-corrected chi connectivity index (χ4v) is 5.13. The monoisotopic (exact) mass is 392 g/mol. The third-order valence-electron chi connectivity index (χ3n) is 4.13. The van der Waals surface area contributed by atoms with Crippen LogP contribution in [0.2, 0.25) is 0 Å². The first kappa shape index (κ1) is 18.7. The van der Waals surface area contributed by atoms with Crippen molar-refractivity contribution in [3.63, 3.8) is 0 Å². The van der Waals surface area contributed by atoms with Gasteiger partial charge in [0.1, 0.15) is 29.4 Å². The zero-order valence-corrected chi connectivity index (χ0v) is 17.0. The van der Waals surface area contributed by atoms with Crippen molar-refractivity contribution in [1.82, 2.24) is 0 Å². The number of nitriles is 3. The second-order valence-corrected chi connectivity index (χ2v) is 8.74. The standard InChI is InChI=1S/C20H16N4OS2/c1-20(2)18(13(11-23)19(25-20)12(9-21)10-22)16-6-5-14(26-16)15-7-8-17(27-15)24(3)4/h5-8H,1-4H3. The molecule has 0 aromatic carbocycles. The summed E-state index contributed by atoms with van der Waals surface area (Å²) in [5.74, 6) is 0.0727. The summed E-state index contributed by atoms with van der Waals surface area (Å²) in [6, 6.07) is 13.9. The highest BCUT2D eigenvalue weighted by Gasteiger charge is 2.41.